The Morgan fingerprint density at radius 1 is 1.43 bits per heavy atom. The number of carbonyl (C=O) groups excluding carboxylic acids is 1. The van der Waals surface area contributed by atoms with Gasteiger partial charge in [-0.3, -0.25) is 0 Å². The van der Waals surface area contributed by atoms with Crippen LogP contribution in [0.3, 0.4) is 0 Å². The first-order valence-electron chi connectivity index (χ1n) is 6.79. The molecule has 0 saturated carbocycles. The number of ether oxygens (including phenoxy) is 1. The maximum Gasteiger partial charge on any atom is 0.407 e. The van der Waals surface area contributed by atoms with Gasteiger partial charge in [0.2, 0.25) is 0 Å². The summed E-state index contributed by atoms with van der Waals surface area (Å²) < 4.78 is 7.10. The summed E-state index contributed by atoms with van der Waals surface area (Å²) in [6, 6.07) is 1.82. The Morgan fingerprint density at radius 2 is 2.19 bits per heavy atom. The van der Waals surface area contributed by atoms with Gasteiger partial charge in [-0.15, -0.1) is 0 Å². The van der Waals surface area contributed by atoms with Crippen molar-refractivity contribution in [3.05, 3.63) is 23.7 Å². The van der Waals surface area contributed by atoms with Crippen LogP contribution in [0.5, 0.6) is 0 Å². The molecule has 114 valence electrons. The number of hydrogen-bond donors (Lipinski definition) is 1. The van der Waals surface area contributed by atoms with Gasteiger partial charge in [-0.25, -0.2) is 14.8 Å². The molecule has 0 aliphatic heterocycles. The first kappa shape index (κ1) is 15.6. The van der Waals surface area contributed by atoms with Gasteiger partial charge in [0.05, 0.1) is 11.8 Å². The van der Waals surface area contributed by atoms with E-state index in [0.717, 1.165) is 17.5 Å². The Balaban J connectivity index is 1.85. The SMILES string of the molecule is CC(C)(C)OC(=O)NCCCn1cnc2ccnc(Cl)c21. The van der Waals surface area contributed by atoms with Gasteiger partial charge >= 0.3 is 6.09 Å². The van der Waals surface area contributed by atoms with Crippen LogP contribution in [0.1, 0.15) is 27.2 Å². The van der Waals surface area contributed by atoms with Gasteiger partial charge in [0.25, 0.3) is 0 Å². The average Bonchev–Trinajstić information content (AvgIpc) is 2.77. The number of hydrogen-bond acceptors (Lipinski definition) is 4. The lowest BCUT2D eigenvalue weighted by molar-refractivity contribution is 0.0527. The van der Waals surface area contributed by atoms with Gasteiger partial charge in [0, 0.05) is 19.3 Å². The van der Waals surface area contributed by atoms with E-state index < -0.39 is 11.7 Å². The number of alkyl carbamates (subject to hydrolysis) is 1. The lowest BCUT2D eigenvalue weighted by atomic mass is 10.2. The maximum atomic E-state index is 11.5. The number of nitrogens with zero attached hydrogens (tertiary/aromatic N) is 3. The zero-order valence-corrected chi connectivity index (χ0v) is 13.1. The topological polar surface area (TPSA) is 69.0 Å². The lowest BCUT2D eigenvalue weighted by Crippen LogP contribution is -2.33. The molecule has 21 heavy (non-hydrogen) atoms. The van der Waals surface area contributed by atoms with E-state index in [1.807, 2.05) is 31.4 Å². The van der Waals surface area contributed by atoms with Gasteiger partial charge in [0.15, 0.2) is 5.15 Å². The van der Waals surface area contributed by atoms with E-state index in [2.05, 4.69) is 15.3 Å². The number of aromatic nitrogens is 3. The maximum absolute atomic E-state index is 11.5. The van der Waals surface area contributed by atoms with E-state index in [4.69, 9.17) is 16.3 Å². The predicted octanol–water partition coefficient (Wildman–Crippen LogP) is 3.00. The minimum absolute atomic E-state index is 0.405. The van der Waals surface area contributed by atoms with Gasteiger partial charge in [-0.2, -0.15) is 0 Å². The van der Waals surface area contributed by atoms with E-state index in [1.165, 1.54) is 0 Å². The Morgan fingerprint density at radius 3 is 2.90 bits per heavy atom. The Kier molecular flexibility index (Phi) is 4.67. The van der Waals surface area contributed by atoms with Crippen molar-refractivity contribution >= 4 is 28.7 Å². The van der Waals surface area contributed by atoms with Crippen molar-refractivity contribution in [1.29, 1.82) is 0 Å². The molecule has 0 spiro atoms. The molecule has 2 aromatic heterocycles. The number of rotatable bonds is 4. The molecule has 6 nitrogen and oxygen atoms in total. The summed E-state index contributed by atoms with van der Waals surface area (Å²) >= 11 is 6.08. The van der Waals surface area contributed by atoms with Gasteiger partial charge in [0.1, 0.15) is 11.1 Å². The number of amides is 1. The number of aryl methyl sites for hydroxylation is 1. The van der Waals surface area contributed by atoms with Gasteiger partial charge in [-0.1, -0.05) is 11.6 Å². The summed E-state index contributed by atoms with van der Waals surface area (Å²) in [5, 5.41) is 3.16. The third kappa shape index (κ3) is 4.32. The highest BCUT2D eigenvalue weighted by molar-refractivity contribution is 6.33. The van der Waals surface area contributed by atoms with Crippen molar-refractivity contribution in [3.8, 4) is 0 Å². The fourth-order valence-electron chi connectivity index (χ4n) is 1.90. The smallest absolute Gasteiger partial charge is 0.407 e. The number of imidazole rings is 1. The molecule has 2 aromatic rings. The number of pyridine rings is 1. The van der Waals surface area contributed by atoms with Crippen molar-refractivity contribution < 1.29 is 9.53 Å². The molecule has 0 unspecified atom stereocenters. The Labute approximate surface area is 128 Å². The van der Waals surface area contributed by atoms with E-state index in [9.17, 15) is 4.79 Å². The van der Waals surface area contributed by atoms with E-state index in [1.54, 1.807) is 12.5 Å². The van der Waals surface area contributed by atoms with Crippen molar-refractivity contribution in [2.45, 2.75) is 39.3 Å². The molecular formula is C14H19ClN4O2. The first-order chi connectivity index (χ1) is 9.87. The minimum Gasteiger partial charge on any atom is -0.444 e. The van der Waals surface area contributed by atoms with E-state index in [0.29, 0.717) is 18.2 Å². The standard InChI is InChI=1S/C14H19ClN4O2/c1-14(2,3)21-13(20)17-6-4-8-19-9-18-10-5-7-16-12(15)11(10)19/h5,7,9H,4,6,8H2,1-3H3,(H,17,20). The van der Waals surface area contributed by atoms with Crippen LogP contribution in [0.2, 0.25) is 5.15 Å². The van der Waals surface area contributed by atoms with Crippen LogP contribution < -0.4 is 5.32 Å². The second kappa shape index (κ2) is 6.30. The number of carbonyl (C=O) groups is 1. The fraction of sp³-hybridized carbons (Fsp3) is 0.500. The highest BCUT2D eigenvalue weighted by Crippen LogP contribution is 2.19. The van der Waals surface area contributed by atoms with Crippen molar-refractivity contribution in [3.63, 3.8) is 0 Å². The van der Waals surface area contributed by atoms with Crippen molar-refractivity contribution in [2.75, 3.05) is 6.54 Å². The third-order valence-electron chi connectivity index (χ3n) is 2.73. The average molecular weight is 311 g/mol. The number of halogens is 1. The lowest BCUT2D eigenvalue weighted by Gasteiger charge is -2.19. The molecule has 7 heteroatoms. The summed E-state index contributed by atoms with van der Waals surface area (Å²) in [5.41, 5.74) is 1.15. The van der Waals surface area contributed by atoms with Gasteiger partial charge < -0.3 is 14.6 Å². The molecule has 2 heterocycles. The zero-order valence-electron chi connectivity index (χ0n) is 12.4. The van der Waals surface area contributed by atoms with Crippen LogP contribution in [-0.4, -0.2) is 32.8 Å². The fourth-order valence-corrected chi connectivity index (χ4v) is 2.16. The van der Waals surface area contributed by atoms with Crippen molar-refractivity contribution in [1.82, 2.24) is 19.9 Å². The summed E-state index contributed by atoms with van der Waals surface area (Å²) in [5.74, 6) is 0. The minimum atomic E-state index is -0.482. The van der Waals surface area contributed by atoms with Crippen LogP contribution >= 0.6 is 11.6 Å². The molecular weight excluding hydrogens is 292 g/mol. The summed E-state index contributed by atoms with van der Waals surface area (Å²) in [6.45, 7) is 6.71. The molecule has 0 atom stereocenters. The molecule has 2 rings (SSSR count). The molecule has 0 aliphatic rings. The normalized spacial score (nSPS) is 11.6. The second-order valence-corrected chi connectivity index (χ2v) is 6.05. The van der Waals surface area contributed by atoms with E-state index in [-0.39, 0.29) is 0 Å². The number of fused-ring (bicyclic) bond motifs is 1. The van der Waals surface area contributed by atoms with E-state index >= 15 is 0 Å². The highest BCUT2D eigenvalue weighted by Gasteiger charge is 2.15. The quantitative estimate of drug-likeness (QED) is 0.696. The summed E-state index contributed by atoms with van der Waals surface area (Å²) in [7, 11) is 0. The Bertz CT molecular complexity index is 633. The van der Waals surface area contributed by atoms with Crippen LogP contribution in [-0.2, 0) is 11.3 Å². The molecule has 0 aliphatic carbocycles. The molecule has 0 radical (unpaired) electrons. The summed E-state index contributed by atoms with van der Waals surface area (Å²) in [4.78, 5) is 19.8. The van der Waals surface area contributed by atoms with Crippen LogP contribution in [0.25, 0.3) is 11.0 Å². The Hall–Kier alpha value is -1.82. The molecule has 0 saturated heterocycles. The predicted molar refractivity (Wildman–Crippen MR) is 81.4 cm³/mol. The van der Waals surface area contributed by atoms with Crippen LogP contribution in [0.15, 0.2) is 18.6 Å². The van der Waals surface area contributed by atoms with Crippen molar-refractivity contribution in [2.24, 2.45) is 0 Å². The third-order valence-corrected chi connectivity index (χ3v) is 3.00. The molecule has 1 N–H and O–H groups in total. The zero-order chi connectivity index (χ0) is 15.5. The molecule has 0 fully saturated rings. The summed E-state index contributed by atoms with van der Waals surface area (Å²) in [6.07, 6.45) is 3.70. The highest BCUT2D eigenvalue weighted by atomic mass is 35.5. The molecule has 0 aromatic carbocycles. The van der Waals surface area contributed by atoms with Crippen LogP contribution in [0.4, 0.5) is 4.79 Å². The molecule has 0 bridgehead atoms. The molecule has 1 amide bonds. The number of nitrogens with one attached hydrogen (secondary N) is 1. The second-order valence-electron chi connectivity index (χ2n) is 5.69. The van der Waals surface area contributed by atoms with Gasteiger partial charge in [-0.05, 0) is 33.3 Å². The monoisotopic (exact) mass is 310 g/mol. The van der Waals surface area contributed by atoms with Crippen LogP contribution in [0, 0.1) is 0 Å². The largest absolute Gasteiger partial charge is 0.444 e. The first-order valence-corrected chi connectivity index (χ1v) is 7.17.